The minimum absolute atomic E-state index is 0.254. The molecule has 0 spiro atoms. The van der Waals surface area contributed by atoms with Gasteiger partial charge in [-0.05, 0) is 12.5 Å². The van der Waals surface area contributed by atoms with Gasteiger partial charge in [0.25, 0.3) is 0 Å². The van der Waals surface area contributed by atoms with E-state index in [-0.39, 0.29) is 18.1 Å². The van der Waals surface area contributed by atoms with Crippen LogP contribution in [0.5, 0.6) is 0 Å². The Morgan fingerprint density at radius 1 is 1.38 bits per heavy atom. The van der Waals surface area contributed by atoms with Crippen LogP contribution in [-0.4, -0.2) is 19.9 Å². The minimum atomic E-state index is -0.301. The molecule has 2 aromatic rings. The molecule has 0 bridgehead atoms. The molecule has 5 heteroatoms. The van der Waals surface area contributed by atoms with Gasteiger partial charge in [-0.15, -0.1) is 0 Å². The molecule has 0 saturated carbocycles. The Balaban J connectivity index is 2.23. The molecule has 2 N–H and O–H groups in total. The Labute approximate surface area is 92.4 Å². The van der Waals surface area contributed by atoms with E-state index < -0.39 is 0 Å². The van der Waals surface area contributed by atoms with Gasteiger partial charge in [0.2, 0.25) is 0 Å². The maximum Gasteiger partial charge on any atom is 0.343 e. The zero-order valence-electron chi connectivity index (χ0n) is 8.97. The average molecular weight is 219 g/mol. The van der Waals surface area contributed by atoms with Crippen molar-refractivity contribution < 1.29 is 5.11 Å². The highest BCUT2D eigenvalue weighted by molar-refractivity contribution is 5.21. The van der Waals surface area contributed by atoms with Crippen LogP contribution in [0.3, 0.4) is 0 Å². The Morgan fingerprint density at radius 2 is 2.06 bits per heavy atom. The minimum Gasteiger partial charge on any atom is -0.388 e. The molecule has 0 unspecified atom stereocenters. The number of aromatic nitrogens is 3. The largest absolute Gasteiger partial charge is 0.388 e. The molecule has 0 aliphatic carbocycles. The van der Waals surface area contributed by atoms with Crippen molar-refractivity contribution >= 4 is 0 Å². The van der Waals surface area contributed by atoms with Crippen molar-refractivity contribution in [1.82, 2.24) is 14.8 Å². The fourth-order valence-electron chi connectivity index (χ4n) is 1.45. The lowest BCUT2D eigenvalue weighted by Crippen LogP contribution is -2.18. The number of aliphatic hydroxyl groups excluding tert-OH is 1. The number of aromatic amines is 1. The van der Waals surface area contributed by atoms with E-state index in [2.05, 4.69) is 10.1 Å². The third-order valence-electron chi connectivity index (χ3n) is 2.33. The Bertz CT molecular complexity index is 525. The van der Waals surface area contributed by atoms with Crippen LogP contribution < -0.4 is 5.69 Å². The first-order chi connectivity index (χ1) is 7.69. The van der Waals surface area contributed by atoms with Gasteiger partial charge in [-0.3, -0.25) is 4.98 Å². The highest BCUT2D eigenvalue weighted by Crippen LogP contribution is 2.03. The molecule has 16 heavy (non-hydrogen) atoms. The lowest BCUT2D eigenvalue weighted by Gasteiger charge is -2.00. The molecule has 1 heterocycles. The number of rotatable bonds is 3. The summed E-state index contributed by atoms with van der Waals surface area (Å²) in [5, 5.41) is 12.8. The normalized spacial score (nSPS) is 10.6. The van der Waals surface area contributed by atoms with Gasteiger partial charge in [0.15, 0.2) is 5.82 Å². The summed E-state index contributed by atoms with van der Waals surface area (Å²) < 4.78 is 1.30. The quantitative estimate of drug-likeness (QED) is 0.786. The average Bonchev–Trinajstić information content (AvgIpc) is 2.63. The summed E-state index contributed by atoms with van der Waals surface area (Å²) in [5.74, 6) is 0.289. The van der Waals surface area contributed by atoms with Gasteiger partial charge in [-0.1, -0.05) is 29.8 Å². The number of hydrogen-bond acceptors (Lipinski definition) is 3. The van der Waals surface area contributed by atoms with Crippen molar-refractivity contribution in [3.63, 3.8) is 0 Å². The summed E-state index contributed by atoms with van der Waals surface area (Å²) in [6.07, 6.45) is 0. The van der Waals surface area contributed by atoms with Crippen molar-refractivity contribution in [1.29, 1.82) is 0 Å². The summed E-state index contributed by atoms with van der Waals surface area (Å²) >= 11 is 0. The van der Waals surface area contributed by atoms with Crippen molar-refractivity contribution in [2.75, 3.05) is 0 Å². The standard InChI is InChI=1S/C11H13N3O2/c1-8-2-4-9(5-3-8)6-14-11(16)12-10(7-15)13-14/h2-5,15H,6-7H2,1H3,(H,12,13,16). The lowest BCUT2D eigenvalue weighted by molar-refractivity contribution is 0.270. The second-order valence-corrected chi connectivity index (χ2v) is 3.68. The maximum atomic E-state index is 11.4. The SMILES string of the molecule is Cc1ccc(Cn2nc(CO)[nH]c2=O)cc1. The molecule has 1 aromatic carbocycles. The second-order valence-electron chi connectivity index (χ2n) is 3.68. The lowest BCUT2D eigenvalue weighted by atomic mass is 10.1. The molecule has 2 rings (SSSR count). The third kappa shape index (κ3) is 2.20. The molecule has 5 nitrogen and oxygen atoms in total. The number of aryl methyl sites for hydroxylation is 1. The molecular weight excluding hydrogens is 206 g/mol. The number of aliphatic hydroxyl groups is 1. The summed E-state index contributed by atoms with van der Waals surface area (Å²) in [6.45, 7) is 2.17. The Morgan fingerprint density at radius 3 is 2.62 bits per heavy atom. The third-order valence-corrected chi connectivity index (χ3v) is 2.33. The van der Waals surface area contributed by atoms with E-state index in [1.807, 2.05) is 31.2 Å². The van der Waals surface area contributed by atoms with E-state index in [0.29, 0.717) is 6.54 Å². The molecule has 0 fully saturated rings. The molecule has 0 amide bonds. The second kappa shape index (κ2) is 4.32. The first kappa shape index (κ1) is 10.6. The van der Waals surface area contributed by atoms with Crippen LogP contribution in [0.25, 0.3) is 0 Å². The summed E-state index contributed by atoms with van der Waals surface area (Å²) in [6, 6.07) is 7.88. The predicted octanol–water partition coefficient (Wildman–Crippen LogP) is 0.420. The smallest absolute Gasteiger partial charge is 0.343 e. The van der Waals surface area contributed by atoms with Crippen molar-refractivity contribution in [3.05, 3.63) is 51.7 Å². The highest BCUT2D eigenvalue weighted by atomic mass is 16.3. The van der Waals surface area contributed by atoms with E-state index in [1.54, 1.807) is 0 Å². The van der Waals surface area contributed by atoms with Gasteiger partial charge >= 0.3 is 5.69 Å². The molecule has 84 valence electrons. The monoisotopic (exact) mass is 219 g/mol. The first-order valence-corrected chi connectivity index (χ1v) is 5.01. The fraction of sp³-hybridized carbons (Fsp3) is 0.273. The van der Waals surface area contributed by atoms with E-state index in [0.717, 1.165) is 5.56 Å². The van der Waals surface area contributed by atoms with Crippen LogP contribution in [0, 0.1) is 6.92 Å². The first-order valence-electron chi connectivity index (χ1n) is 5.01. The summed E-state index contributed by atoms with van der Waals surface area (Å²) in [7, 11) is 0. The van der Waals surface area contributed by atoms with Crippen LogP contribution in [0.2, 0.25) is 0 Å². The molecule has 0 atom stereocenters. The zero-order chi connectivity index (χ0) is 11.5. The van der Waals surface area contributed by atoms with Gasteiger partial charge in [0, 0.05) is 0 Å². The number of nitrogens with one attached hydrogen (secondary N) is 1. The van der Waals surface area contributed by atoms with Gasteiger partial charge in [0.05, 0.1) is 6.54 Å². The van der Waals surface area contributed by atoms with Crippen LogP contribution in [0.1, 0.15) is 17.0 Å². The molecule has 0 saturated heterocycles. The van der Waals surface area contributed by atoms with Crippen LogP contribution in [0.4, 0.5) is 0 Å². The van der Waals surface area contributed by atoms with Gasteiger partial charge in [0.1, 0.15) is 6.61 Å². The number of nitrogens with zero attached hydrogens (tertiary/aromatic N) is 2. The molecule has 1 aromatic heterocycles. The van der Waals surface area contributed by atoms with E-state index in [9.17, 15) is 4.79 Å². The topological polar surface area (TPSA) is 70.9 Å². The summed E-state index contributed by atoms with van der Waals surface area (Å²) in [4.78, 5) is 13.9. The number of H-pyrrole nitrogens is 1. The van der Waals surface area contributed by atoms with E-state index in [4.69, 9.17) is 5.11 Å². The van der Waals surface area contributed by atoms with Crippen molar-refractivity contribution in [3.8, 4) is 0 Å². The summed E-state index contributed by atoms with van der Waals surface area (Å²) in [5.41, 5.74) is 1.88. The number of benzene rings is 1. The van der Waals surface area contributed by atoms with Crippen molar-refractivity contribution in [2.24, 2.45) is 0 Å². The van der Waals surface area contributed by atoms with Gasteiger partial charge in [-0.25, -0.2) is 9.48 Å². The van der Waals surface area contributed by atoms with Crippen molar-refractivity contribution in [2.45, 2.75) is 20.1 Å². The molecule has 0 radical (unpaired) electrons. The Hall–Kier alpha value is -1.88. The van der Waals surface area contributed by atoms with Crippen LogP contribution >= 0.6 is 0 Å². The van der Waals surface area contributed by atoms with Gasteiger partial charge < -0.3 is 5.11 Å². The molecular formula is C11H13N3O2. The Kier molecular flexibility index (Phi) is 2.87. The fourth-order valence-corrected chi connectivity index (χ4v) is 1.45. The number of hydrogen-bond donors (Lipinski definition) is 2. The zero-order valence-corrected chi connectivity index (χ0v) is 8.97. The molecule has 0 aliphatic heterocycles. The predicted molar refractivity (Wildman–Crippen MR) is 59.1 cm³/mol. The molecule has 0 aliphatic rings. The van der Waals surface area contributed by atoms with Crippen LogP contribution in [0.15, 0.2) is 29.1 Å². The van der Waals surface area contributed by atoms with Gasteiger partial charge in [-0.2, -0.15) is 5.10 Å². The van der Waals surface area contributed by atoms with Crippen LogP contribution in [-0.2, 0) is 13.2 Å². The van der Waals surface area contributed by atoms with E-state index in [1.165, 1.54) is 10.2 Å². The van der Waals surface area contributed by atoms with E-state index >= 15 is 0 Å². The maximum absolute atomic E-state index is 11.4. The highest BCUT2D eigenvalue weighted by Gasteiger charge is 2.04.